The molecule has 2 aromatic carbocycles. The Hall–Kier alpha value is -3.45. The fourth-order valence-corrected chi connectivity index (χ4v) is 4.60. The summed E-state index contributed by atoms with van der Waals surface area (Å²) in [5.74, 6) is 0.529. The fraction of sp³-hybridized carbons (Fsp3) is 0.240. The summed E-state index contributed by atoms with van der Waals surface area (Å²) in [6.45, 7) is 8.50. The zero-order valence-corrected chi connectivity index (χ0v) is 19.4. The lowest BCUT2D eigenvalue weighted by atomic mass is 10.1. The van der Waals surface area contributed by atoms with Crippen molar-refractivity contribution in [2.45, 2.75) is 34.2 Å². The summed E-state index contributed by atoms with van der Waals surface area (Å²) < 4.78 is 7.27. The Bertz CT molecular complexity index is 1350. The lowest BCUT2D eigenvalue weighted by Crippen LogP contribution is -2.23. The molecular weight excluding hydrogens is 422 g/mol. The van der Waals surface area contributed by atoms with Crippen molar-refractivity contribution in [3.63, 3.8) is 0 Å². The zero-order chi connectivity index (χ0) is 22.8. The van der Waals surface area contributed by atoms with Gasteiger partial charge in [-0.3, -0.25) is 14.2 Å². The second-order valence-corrected chi connectivity index (χ2v) is 8.91. The third-order valence-corrected chi connectivity index (χ3v) is 6.57. The van der Waals surface area contributed by atoms with Crippen LogP contribution in [-0.4, -0.2) is 22.1 Å². The SMILES string of the molecule is Cc1ccc(OCCn2cnc3sc(C(=O)Nc4ccc(C)cc4C)c(C)c3c2=O)cc1. The molecule has 1 amide bonds. The van der Waals surface area contributed by atoms with Crippen molar-refractivity contribution in [1.82, 2.24) is 9.55 Å². The van der Waals surface area contributed by atoms with Crippen LogP contribution in [0.5, 0.6) is 5.75 Å². The Labute approximate surface area is 190 Å². The maximum atomic E-state index is 13.1. The average molecular weight is 448 g/mol. The molecule has 6 nitrogen and oxygen atoms in total. The van der Waals surface area contributed by atoms with Gasteiger partial charge in [0.1, 0.15) is 17.2 Å². The van der Waals surface area contributed by atoms with Crippen LogP contribution in [0.15, 0.2) is 53.6 Å². The van der Waals surface area contributed by atoms with Gasteiger partial charge < -0.3 is 10.1 Å². The number of fused-ring (bicyclic) bond motifs is 1. The van der Waals surface area contributed by atoms with Crippen LogP contribution in [0, 0.1) is 27.7 Å². The highest BCUT2D eigenvalue weighted by atomic mass is 32.1. The first-order valence-corrected chi connectivity index (χ1v) is 11.2. The van der Waals surface area contributed by atoms with Gasteiger partial charge in [0, 0.05) is 5.69 Å². The van der Waals surface area contributed by atoms with Gasteiger partial charge in [-0.25, -0.2) is 4.98 Å². The van der Waals surface area contributed by atoms with E-state index in [-0.39, 0.29) is 11.5 Å². The third-order valence-electron chi connectivity index (χ3n) is 5.38. The molecule has 2 aromatic heterocycles. The van der Waals surface area contributed by atoms with Crippen molar-refractivity contribution in [2.24, 2.45) is 0 Å². The van der Waals surface area contributed by atoms with Gasteiger partial charge >= 0.3 is 0 Å². The summed E-state index contributed by atoms with van der Waals surface area (Å²) in [7, 11) is 0. The van der Waals surface area contributed by atoms with E-state index >= 15 is 0 Å². The number of rotatable bonds is 6. The number of carbonyl (C=O) groups excluding carboxylic acids is 1. The molecule has 0 spiro atoms. The van der Waals surface area contributed by atoms with E-state index in [1.54, 1.807) is 6.92 Å². The zero-order valence-electron chi connectivity index (χ0n) is 18.6. The number of anilines is 1. The molecule has 0 fully saturated rings. The van der Waals surface area contributed by atoms with E-state index in [1.807, 2.05) is 63.2 Å². The monoisotopic (exact) mass is 447 g/mol. The van der Waals surface area contributed by atoms with Crippen LogP contribution < -0.4 is 15.6 Å². The minimum Gasteiger partial charge on any atom is -0.492 e. The van der Waals surface area contributed by atoms with Gasteiger partial charge in [-0.05, 0) is 57.0 Å². The summed E-state index contributed by atoms with van der Waals surface area (Å²) in [6, 6.07) is 13.6. The largest absolute Gasteiger partial charge is 0.492 e. The first-order chi connectivity index (χ1) is 15.3. The maximum absolute atomic E-state index is 13.1. The van der Waals surface area contributed by atoms with Crippen LogP contribution in [0.1, 0.15) is 31.9 Å². The molecule has 0 aliphatic carbocycles. The number of aryl methyl sites for hydroxylation is 4. The summed E-state index contributed by atoms with van der Waals surface area (Å²) >= 11 is 1.24. The Morgan fingerprint density at radius 1 is 1.06 bits per heavy atom. The van der Waals surface area contributed by atoms with Gasteiger partial charge in [-0.1, -0.05) is 35.4 Å². The molecule has 0 aliphatic heterocycles. The minimum atomic E-state index is -0.230. The van der Waals surface area contributed by atoms with E-state index in [0.29, 0.717) is 33.8 Å². The van der Waals surface area contributed by atoms with Crippen molar-refractivity contribution in [3.8, 4) is 5.75 Å². The second-order valence-electron chi connectivity index (χ2n) is 7.91. The topological polar surface area (TPSA) is 73.2 Å². The molecule has 32 heavy (non-hydrogen) atoms. The van der Waals surface area contributed by atoms with Gasteiger partial charge in [-0.2, -0.15) is 0 Å². The van der Waals surface area contributed by atoms with Gasteiger partial charge in [0.2, 0.25) is 0 Å². The van der Waals surface area contributed by atoms with Crippen LogP contribution in [0.25, 0.3) is 10.2 Å². The molecule has 4 aromatic rings. The predicted molar refractivity (Wildman–Crippen MR) is 129 cm³/mol. The number of nitrogens with zero attached hydrogens (tertiary/aromatic N) is 2. The van der Waals surface area contributed by atoms with Crippen LogP contribution in [0.2, 0.25) is 0 Å². The molecule has 0 unspecified atom stereocenters. The molecule has 0 saturated heterocycles. The van der Waals surface area contributed by atoms with E-state index in [2.05, 4.69) is 10.3 Å². The summed E-state index contributed by atoms with van der Waals surface area (Å²) in [5.41, 5.74) is 4.53. The van der Waals surface area contributed by atoms with Crippen LogP contribution >= 0.6 is 11.3 Å². The molecule has 0 bridgehead atoms. The van der Waals surface area contributed by atoms with Gasteiger partial charge in [0.05, 0.1) is 23.1 Å². The van der Waals surface area contributed by atoms with E-state index in [4.69, 9.17) is 4.74 Å². The molecule has 7 heteroatoms. The van der Waals surface area contributed by atoms with E-state index < -0.39 is 0 Å². The van der Waals surface area contributed by atoms with E-state index in [1.165, 1.54) is 22.2 Å². The fourth-order valence-electron chi connectivity index (χ4n) is 3.56. The lowest BCUT2D eigenvalue weighted by Gasteiger charge is -2.09. The Balaban J connectivity index is 1.54. The number of hydrogen-bond donors (Lipinski definition) is 1. The van der Waals surface area contributed by atoms with E-state index in [9.17, 15) is 9.59 Å². The summed E-state index contributed by atoms with van der Waals surface area (Å²) in [4.78, 5) is 31.5. The second kappa shape index (κ2) is 8.96. The van der Waals surface area contributed by atoms with Crippen molar-refractivity contribution in [2.75, 3.05) is 11.9 Å². The lowest BCUT2D eigenvalue weighted by molar-refractivity contribution is 0.103. The van der Waals surface area contributed by atoms with E-state index in [0.717, 1.165) is 28.1 Å². The maximum Gasteiger partial charge on any atom is 0.266 e. The molecular formula is C25H25N3O3S. The number of carbonyl (C=O) groups is 1. The van der Waals surface area contributed by atoms with Crippen molar-refractivity contribution in [3.05, 3.63) is 86.3 Å². The predicted octanol–water partition coefficient (Wildman–Crippen LogP) is 5.02. The van der Waals surface area contributed by atoms with Crippen molar-refractivity contribution >= 4 is 33.1 Å². The number of benzene rings is 2. The number of nitrogens with one attached hydrogen (secondary N) is 1. The molecule has 4 rings (SSSR count). The van der Waals surface area contributed by atoms with Crippen molar-refractivity contribution in [1.29, 1.82) is 0 Å². The number of amides is 1. The number of ether oxygens (including phenoxy) is 1. The molecule has 164 valence electrons. The molecule has 0 saturated carbocycles. The number of thiophene rings is 1. The summed E-state index contributed by atoms with van der Waals surface area (Å²) in [5, 5.41) is 3.45. The Morgan fingerprint density at radius 3 is 2.50 bits per heavy atom. The highest BCUT2D eigenvalue weighted by molar-refractivity contribution is 7.20. The standard InChI is InChI=1S/C25H25N3O3S/c1-15-5-8-19(9-6-15)31-12-11-28-14-26-24-21(25(28)30)18(4)22(32-24)23(29)27-20-10-7-16(2)13-17(20)3/h5-10,13-14H,11-12H2,1-4H3,(H,27,29). The third kappa shape index (κ3) is 4.43. The molecule has 0 aliphatic rings. The smallest absolute Gasteiger partial charge is 0.266 e. The molecule has 1 N–H and O–H groups in total. The highest BCUT2D eigenvalue weighted by Gasteiger charge is 2.20. The van der Waals surface area contributed by atoms with Gasteiger partial charge in [0.25, 0.3) is 11.5 Å². The van der Waals surface area contributed by atoms with Gasteiger partial charge in [-0.15, -0.1) is 11.3 Å². The Kier molecular flexibility index (Phi) is 6.10. The highest BCUT2D eigenvalue weighted by Crippen LogP contribution is 2.28. The van der Waals surface area contributed by atoms with Crippen LogP contribution in [-0.2, 0) is 6.54 Å². The molecule has 0 atom stereocenters. The van der Waals surface area contributed by atoms with Crippen molar-refractivity contribution < 1.29 is 9.53 Å². The Morgan fingerprint density at radius 2 is 1.78 bits per heavy atom. The average Bonchev–Trinajstić information content (AvgIpc) is 3.10. The first kappa shape index (κ1) is 21.8. The van der Waals surface area contributed by atoms with Gasteiger partial charge in [0.15, 0.2) is 0 Å². The van der Waals surface area contributed by atoms with Crippen LogP contribution in [0.3, 0.4) is 0 Å². The first-order valence-electron chi connectivity index (χ1n) is 10.4. The van der Waals surface area contributed by atoms with Crippen LogP contribution in [0.4, 0.5) is 5.69 Å². The normalized spacial score (nSPS) is 11.0. The number of aromatic nitrogens is 2. The minimum absolute atomic E-state index is 0.165. The molecule has 0 radical (unpaired) electrons. The quantitative estimate of drug-likeness (QED) is 0.450. The number of hydrogen-bond acceptors (Lipinski definition) is 5. The summed E-state index contributed by atoms with van der Waals surface area (Å²) in [6.07, 6.45) is 1.52. The molecule has 2 heterocycles.